The lowest BCUT2D eigenvalue weighted by Crippen LogP contribution is -2.19. The van der Waals surface area contributed by atoms with Crippen LogP contribution < -0.4 is 5.32 Å². The number of nitrogens with one attached hydrogen (secondary N) is 1. The van der Waals surface area contributed by atoms with Crippen LogP contribution in [-0.2, 0) is 16.4 Å². The summed E-state index contributed by atoms with van der Waals surface area (Å²) in [5, 5.41) is 3.46. The number of aromatic nitrogens is 2. The quantitative estimate of drug-likeness (QED) is 0.879. The zero-order chi connectivity index (χ0) is 12.6. The molecule has 3 rings (SSSR count). The van der Waals surface area contributed by atoms with Crippen molar-refractivity contribution in [3.05, 3.63) is 18.2 Å². The molecule has 2 aliphatic rings. The van der Waals surface area contributed by atoms with Gasteiger partial charge in [-0.05, 0) is 31.7 Å². The van der Waals surface area contributed by atoms with E-state index in [1.54, 1.807) is 0 Å². The van der Waals surface area contributed by atoms with Gasteiger partial charge in [0.25, 0.3) is 0 Å². The van der Waals surface area contributed by atoms with Crippen LogP contribution in [0.15, 0.2) is 12.5 Å². The molecule has 0 spiro atoms. The lowest BCUT2D eigenvalue weighted by atomic mass is 10.1. The Labute approximate surface area is 108 Å². The fraction of sp³-hybridized carbons (Fsp3) is 0.750. The summed E-state index contributed by atoms with van der Waals surface area (Å²) in [5.74, 6) is 0.941. The third-order valence-electron chi connectivity index (χ3n) is 3.94. The Balaban J connectivity index is 1.71. The van der Waals surface area contributed by atoms with E-state index in [0.29, 0.717) is 17.5 Å². The number of rotatable bonds is 3. The fourth-order valence-corrected chi connectivity index (χ4v) is 4.85. The van der Waals surface area contributed by atoms with Crippen molar-refractivity contribution in [3.8, 4) is 0 Å². The molecule has 0 aromatic carbocycles. The second-order valence-electron chi connectivity index (χ2n) is 5.39. The van der Waals surface area contributed by atoms with Crippen molar-refractivity contribution < 1.29 is 8.42 Å². The largest absolute Gasteiger partial charge is 0.333 e. The van der Waals surface area contributed by atoms with Crippen molar-refractivity contribution in [3.63, 3.8) is 0 Å². The molecule has 1 N–H and O–H groups in total. The van der Waals surface area contributed by atoms with Gasteiger partial charge in [-0.25, -0.2) is 13.4 Å². The minimum absolute atomic E-state index is 0.254. The predicted molar refractivity (Wildman–Crippen MR) is 69.0 cm³/mol. The van der Waals surface area contributed by atoms with Gasteiger partial charge in [-0.15, -0.1) is 0 Å². The highest BCUT2D eigenvalue weighted by atomic mass is 32.2. The molecule has 18 heavy (non-hydrogen) atoms. The topological polar surface area (TPSA) is 64.0 Å². The van der Waals surface area contributed by atoms with E-state index in [4.69, 9.17) is 0 Å². The zero-order valence-corrected chi connectivity index (χ0v) is 11.2. The maximum atomic E-state index is 11.5. The summed E-state index contributed by atoms with van der Waals surface area (Å²) in [7, 11) is -2.78. The Bertz CT molecular complexity index is 517. The van der Waals surface area contributed by atoms with Crippen LogP contribution >= 0.6 is 0 Å². The summed E-state index contributed by atoms with van der Waals surface area (Å²) in [6.45, 7) is 1.85. The maximum Gasteiger partial charge on any atom is 0.150 e. The molecule has 0 amide bonds. The molecular weight excluding hydrogens is 250 g/mol. The average Bonchev–Trinajstić information content (AvgIpc) is 2.99. The minimum Gasteiger partial charge on any atom is -0.333 e. The van der Waals surface area contributed by atoms with Gasteiger partial charge >= 0.3 is 0 Å². The normalized spacial score (nSPS) is 30.9. The van der Waals surface area contributed by atoms with Crippen LogP contribution in [0.1, 0.15) is 31.0 Å². The molecule has 2 saturated heterocycles. The van der Waals surface area contributed by atoms with Crippen LogP contribution in [0.25, 0.3) is 0 Å². The van der Waals surface area contributed by atoms with E-state index in [0.717, 1.165) is 25.9 Å². The Morgan fingerprint density at radius 3 is 3.00 bits per heavy atom. The molecule has 0 saturated carbocycles. The van der Waals surface area contributed by atoms with E-state index in [2.05, 4.69) is 14.9 Å². The lowest BCUT2D eigenvalue weighted by Gasteiger charge is -2.16. The molecule has 0 bridgehead atoms. The second kappa shape index (κ2) is 4.66. The van der Waals surface area contributed by atoms with Crippen molar-refractivity contribution in [1.29, 1.82) is 0 Å². The van der Waals surface area contributed by atoms with E-state index in [-0.39, 0.29) is 5.92 Å². The van der Waals surface area contributed by atoms with Crippen LogP contribution in [0.2, 0.25) is 0 Å². The number of nitrogens with zero attached hydrogens (tertiary/aromatic N) is 2. The smallest absolute Gasteiger partial charge is 0.150 e. The van der Waals surface area contributed by atoms with Gasteiger partial charge in [0, 0.05) is 18.8 Å². The highest BCUT2D eigenvalue weighted by Gasteiger charge is 2.29. The average molecular weight is 269 g/mol. The third-order valence-corrected chi connectivity index (χ3v) is 5.78. The minimum atomic E-state index is -2.78. The van der Waals surface area contributed by atoms with Crippen LogP contribution in [0.3, 0.4) is 0 Å². The molecular formula is C12H19N3O2S. The number of imidazole rings is 1. The van der Waals surface area contributed by atoms with Gasteiger partial charge in [0.05, 0.1) is 23.5 Å². The van der Waals surface area contributed by atoms with E-state index < -0.39 is 9.84 Å². The molecule has 1 aromatic rings. The second-order valence-corrected chi connectivity index (χ2v) is 7.62. The van der Waals surface area contributed by atoms with Gasteiger partial charge in [0.15, 0.2) is 9.84 Å². The Kier molecular flexibility index (Phi) is 3.15. The van der Waals surface area contributed by atoms with E-state index in [9.17, 15) is 8.42 Å². The first kappa shape index (κ1) is 12.2. The van der Waals surface area contributed by atoms with Gasteiger partial charge in [-0.1, -0.05) is 0 Å². The van der Waals surface area contributed by atoms with Gasteiger partial charge in [0.2, 0.25) is 0 Å². The van der Waals surface area contributed by atoms with E-state index >= 15 is 0 Å². The van der Waals surface area contributed by atoms with Crippen molar-refractivity contribution >= 4 is 9.84 Å². The molecule has 0 aliphatic carbocycles. The highest BCUT2D eigenvalue weighted by Crippen LogP contribution is 2.25. The molecule has 2 fully saturated rings. The van der Waals surface area contributed by atoms with Gasteiger partial charge in [-0.2, -0.15) is 0 Å². The third kappa shape index (κ3) is 2.44. The first-order valence-electron chi connectivity index (χ1n) is 6.58. The van der Waals surface area contributed by atoms with Crippen LogP contribution in [0.4, 0.5) is 0 Å². The van der Waals surface area contributed by atoms with E-state index in [1.807, 2.05) is 12.5 Å². The molecule has 2 atom stereocenters. The van der Waals surface area contributed by atoms with Crippen LogP contribution in [0, 0.1) is 5.92 Å². The molecule has 1 aromatic heterocycles. The van der Waals surface area contributed by atoms with E-state index in [1.165, 1.54) is 12.1 Å². The molecule has 2 unspecified atom stereocenters. The predicted octanol–water partition coefficient (Wildman–Crippen LogP) is 0.742. The number of hydrogen-bond donors (Lipinski definition) is 1. The maximum absolute atomic E-state index is 11.5. The van der Waals surface area contributed by atoms with Gasteiger partial charge in [-0.3, -0.25) is 0 Å². The van der Waals surface area contributed by atoms with Crippen molar-refractivity contribution in [1.82, 2.24) is 14.9 Å². The summed E-state index contributed by atoms with van der Waals surface area (Å²) >= 11 is 0. The summed E-state index contributed by atoms with van der Waals surface area (Å²) in [6, 6.07) is 0.394. The summed E-state index contributed by atoms with van der Waals surface area (Å²) in [4.78, 5) is 4.22. The zero-order valence-electron chi connectivity index (χ0n) is 10.4. The summed E-state index contributed by atoms with van der Waals surface area (Å²) in [5.41, 5.74) is 1.21. The van der Waals surface area contributed by atoms with Gasteiger partial charge in [0.1, 0.15) is 0 Å². The SMILES string of the molecule is O=S1(=O)CCC(Cn2cncc2C2CCCN2)C1. The molecule has 3 heterocycles. The van der Waals surface area contributed by atoms with Crippen LogP contribution in [0.5, 0.6) is 0 Å². The van der Waals surface area contributed by atoms with Crippen LogP contribution in [-0.4, -0.2) is 36.0 Å². The van der Waals surface area contributed by atoms with Crippen molar-refractivity contribution in [2.24, 2.45) is 5.92 Å². The molecule has 2 aliphatic heterocycles. The molecule has 0 radical (unpaired) electrons. The Morgan fingerprint density at radius 2 is 2.33 bits per heavy atom. The number of hydrogen-bond acceptors (Lipinski definition) is 4. The first-order chi connectivity index (χ1) is 8.64. The first-order valence-corrected chi connectivity index (χ1v) is 8.40. The Hall–Kier alpha value is -0.880. The Morgan fingerprint density at radius 1 is 1.44 bits per heavy atom. The molecule has 100 valence electrons. The summed E-state index contributed by atoms with van der Waals surface area (Å²) in [6.07, 6.45) is 6.88. The van der Waals surface area contributed by atoms with Gasteiger partial charge < -0.3 is 9.88 Å². The molecule has 5 nitrogen and oxygen atoms in total. The fourth-order valence-electron chi connectivity index (χ4n) is 3.00. The highest BCUT2D eigenvalue weighted by molar-refractivity contribution is 7.91. The van der Waals surface area contributed by atoms with Crippen molar-refractivity contribution in [2.75, 3.05) is 18.1 Å². The summed E-state index contributed by atoms with van der Waals surface area (Å²) < 4.78 is 25.1. The molecule has 6 heteroatoms. The standard InChI is InChI=1S/C12H19N3O2S/c16-18(17)5-3-10(8-18)7-15-9-13-6-12(15)11-2-1-4-14-11/h6,9-11,14H,1-5,7-8H2. The lowest BCUT2D eigenvalue weighted by molar-refractivity contribution is 0.462. The number of sulfone groups is 1. The van der Waals surface area contributed by atoms with Crippen molar-refractivity contribution in [2.45, 2.75) is 31.8 Å². The monoisotopic (exact) mass is 269 g/mol.